The maximum absolute atomic E-state index is 8.80. The molecule has 0 atom stereocenters. The van der Waals surface area contributed by atoms with Crippen LogP contribution in [0.3, 0.4) is 0 Å². The average molecular weight is 273 g/mol. The van der Waals surface area contributed by atoms with Crippen molar-refractivity contribution in [3.05, 3.63) is 35.9 Å². The van der Waals surface area contributed by atoms with Gasteiger partial charge >= 0.3 is 0 Å². The predicted octanol–water partition coefficient (Wildman–Crippen LogP) is 2.29. The first-order chi connectivity index (χ1) is 9.76. The Morgan fingerprint density at radius 1 is 1.20 bits per heavy atom. The van der Waals surface area contributed by atoms with Crippen molar-refractivity contribution in [3.63, 3.8) is 0 Å². The van der Waals surface area contributed by atoms with Crippen molar-refractivity contribution >= 4 is 16.7 Å². The quantitative estimate of drug-likeness (QED) is 0.760. The Bertz CT molecular complexity index is 556. The number of aliphatic hydroxyl groups is 1. The molecule has 2 rings (SSSR count). The van der Waals surface area contributed by atoms with Crippen molar-refractivity contribution < 1.29 is 5.11 Å². The van der Waals surface area contributed by atoms with Gasteiger partial charge in [-0.15, -0.1) is 0 Å². The molecule has 0 spiro atoms. The first-order valence-electron chi connectivity index (χ1n) is 7.17. The van der Waals surface area contributed by atoms with E-state index in [0.717, 1.165) is 48.1 Å². The number of unbranched alkanes of at least 4 members (excludes halogenated alkanes) is 2. The number of aliphatic hydroxyl groups excluding tert-OH is 1. The van der Waals surface area contributed by atoms with Crippen LogP contribution in [0.5, 0.6) is 0 Å². The number of hydrogen-bond acceptors (Lipinski definition) is 4. The summed E-state index contributed by atoms with van der Waals surface area (Å²) in [5.41, 5.74) is 7.98. The topological polar surface area (TPSA) is 62.4 Å². The van der Waals surface area contributed by atoms with Crippen molar-refractivity contribution in [3.8, 4) is 0 Å². The zero-order valence-corrected chi connectivity index (χ0v) is 12.0. The third kappa shape index (κ3) is 3.46. The number of aromatic nitrogens is 1. The molecule has 1 heterocycles. The fourth-order valence-electron chi connectivity index (χ4n) is 2.35. The van der Waals surface area contributed by atoms with Crippen LogP contribution in [0.2, 0.25) is 0 Å². The normalized spacial score (nSPS) is 10.9. The molecule has 0 fully saturated rings. The van der Waals surface area contributed by atoms with E-state index in [-0.39, 0.29) is 6.61 Å². The Morgan fingerprint density at radius 3 is 2.75 bits per heavy atom. The van der Waals surface area contributed by atoms with Gasteiger partial charge in [-0.2, -0.15) is 0 Å². The van der Waals surface area contributed by atoms with Crippen LogP contribution in [0.1, 0.15) is 24.8 Å². The van der Waals surface area contributed by atoms with E-state index in [2.05, 4.69) is 24.1 Å². The largest absolute Gasteiger partial charge is 0.396 e. The molecule has 1 aromatic carbocycles. The minimum absolute atomic E-state index is 0.273. The smallest absolute Gasteiger partial charge is 0.129 e. The Hall–Kier alpha value is -1.65. The van der Waals surface area contributed by atoms with Gasteiger partial charge < -0.3 is 15.7 Å². The molecule has 0 unspecified atom stereocenters. The summed E-state index contributed by atoms with van der Waals surface area (Å²) in [4.78, 5) is 6.86. The molecule has 20 heavy (non-hydrogen) atoms. The maximum atomic E-state index is 8.80. The van der Waals surface area contributed by atoms with Crippen LogP contribution >= 0.6 is 0 Å². The summed E-state index contributed by atoms with van der Waals surface area (Å²) in [7, 11) is 2.05. The number of anilines is 1. The summed E-state index contributed by atoms with van der Waals surface area (Å²) in [5.74, 6) is 0.966. The Labute approximate surface area is 120 Å². The van der Waals surface area contributed by atoms with E-state index in [0.29, 0.717) is 6.54 Å². The molecule has 0 amide bonds. The van der Waals surface area contributed by atoms with Crippen LogP contribution in [0.4, 0.5) is 5.82 Å². The molecule has 0 bridgehead atoms. The van der Waals surface area contributed by atoms with Crippen LogP contribution in [-0.4, -0.2) is 30.3 Å². The van der Waals surface area contributed by atoms with Crippen molar-refractivity contribution in [1.29, 1.82) is 0 Å². The van der Waals surface area contributed by atoms with Gasteiger partial charge in [-0.3, -0.25) is 0 Å². The van der Waals surface area contributed by atoms with Gasteiger partial charge in [0.15, 0.2) is 0 Å². The van der Waals surface area contributed by atoms with Gasteiger partial charge in [0.25, 0.3) is 0 Å². The van der Waals surface area contributed by atoms with Crippen LogP contribution < -0.4 is 10.6 Å². The molecule has 3 N–H and O–H groups in total. The van der Waals surface area contributed by atoms with Gasteiger partial charge in [-0.25, -0.2) is 4.98 Å². The molecule has 0 aliphatic rings. The van der Waals surface area contributed by atoms with Crippen molar-refractivity contribution in [2.45, 2.75) is 25.8 Å². The summed E-state index contributed by atoms with van der Waals surface area (Å²) in [6, 6.07) is 10.2. The fraction of sp³-hybridized carbons (Fsp3) is 0.438. The highest BCUT2D eigenvalue weighted by atomic mass is 16.2. The monoisotopic (exact) mass is 273 g/mol. The minimum Gasteiger partial charge on any atom is -0.396 e. The number of fused-ring (bicyclic) bond motifs is 1. The number of pyridine rings is 1. The molecule has 0 saturated heterocycles. The Balaban J connectivity index is 2.17. The molecule has 0 saturated carbocycles. The maximum Gasteiger partial charge on any atom is 0.129 e. The van der Waals surface area contributed by atoms with Gasteiger partial charge in [0.05, 0.1) is 5.52 Å². The van der Waals surface area contributed by atoms with E-state index >= 15 is 0 Å². The molecular formula is C16H23N3O. The lowest BCUT2D eigenvalue weighted by Gasteiger charge is -2.19. The second-order valence-corrected chi connectivity index (χ2v) is 5.07. The number of hydrogen-bond donors (Lipinski definition) is 2. The number of nitrogens with zero attached hydrogens (tertiary/aromatic N) is 2. The average Bonchev–Trinajstić information content (AvgIpc) is 2.50. The highest BCUT2D eigenvalue weighted by molar-refractivity contribution is 5.84. The minimum atomic E-state index is 0.273. The van der Waals surface area contributed by atoms with Crippen molar-refractivity contribution in [2.75, 3.05) is 25.1 Å². The predicted molar refractivity (Wildman–Crippen MR) is 83.8 cm³/mol. The molecule has 0 radical (unpaired) electrons. The fourth-order valence-corrected chi connectivity index (χ4v) is 2.35. The highest BCUT2D eigenvalue weighted by Gasteiger charge is 2.07. The standard InChI is InChI=1S/C16H23N3O/c1-19(9-5-2-6-10-20)16-11-13(12-17)14-7-3-4-8-15(14)18-16/h3-4,7-8,11,20H,2,5-6,9-10,12,17H2,1H3. The zero-order chi connectivity index (χ0) is 14.4. The van der Waals surface area contributed by atoms with Crippen molar-refractivity contribution in [2.24, 2.45) is 5.73 Å². The summed E-state index contributed by atoms with van der Waals surface area (Å²) in [5, 5.41) is 9.93. The van der Waals surface area contributed by atoms with E-state index in [1.165, 1.54) is 0 Å². The van der Waals surface area contributed by atoms with E-state index in [4.69, 9.17) is 15.8 Å². The summed E-state index contributed by atoms with van der Waals surface area (Å²) in [6.07, 6.45) is 2.97. The number of nitrogens with two attached hydrogens (primary N) is 1. The van der Waals surface area contributed by atoms with E-state index in [1.54, 1.807) is 0 Å². The molecule has 108 valence electrons. The summed E-state index contributed by atoms with van der Waals surface area (Å²) in [6.45, 7) is 1.74. The second kappa shape index (κ2) is 7.22. The highest BCUT2D eigenvalue weighted by Crippen LogP contribution is 2.22. The molecular weight excluding hydrogens is 250 g/mol. The molecule has 4 heteroatoms. The number of para-hydroxylation sites is 1. The van der Waals surface area contributed by atoms with E-state index in [1.807, 2.05) is 18.2 Å². The summed E-state index contributed by atoms with van der Waals surface area (Å²) < 4.78 is 0. The van der Waals surface area contributed by atoms with Gasteiger partial charge in [-0.05, 0) is 37.0 Å². The first-order valence-corrected chi connectivity index (χ1v) is 7.17. The molecule has 0 aliphatic heterocycles. The second-order valence-electron chi connectivity index (χ2n) is 5.07. The third-order valence-corrected chi connectivity index (χ3v) is 3.55. The van der Waals surface area contributed by atoms with Crippen LogP contribution in [-0.2, 0) is 6.54 Å². The van der Waals surface area contributed by atoms with Crippen LogP contribution in [0, 0.1) is 0 Å². The SMILES string of the molecule is CN(CCCCCO)c1cc(CN)c2ccccc2n1. The number of benzene rings is 1. The molecule has 2 aromatic rings. The lowest BCUT2D eigenvalue weighted by Crippen LogP contribution is -2.20. The third-order valence-electron chi connectivity index (χ3n) is 3.55. The lowest BCUT2D eigenvalue weighted by molar-refractivity contribution is 0.283. The van der Waals surface area contributed by atoms with Crippen molar-refractivity contribution in [1.82, 2.24) is 4.98 Å². The van der Waals surface area contributed by atoms with Gasteiger partial charge in [0.2, 0.25) is 0 Å². The van der Waals surface area contributed by atoms with E-state index in [9.17, 15) is 0 Å². The lowest BCUT2D eigenvalue weighted by atomic mass is 10.1. The van der Waals surface area contributed by atoms with E-state index < -0.39 is 0 Å². The molecule has 0 aliphatic carbocycles. The number of rotatable bonds is 7. The zero-order valence-electron chi connectivity index (χ0n) is 12.0. The molecule has 4 nitrogen and oxygen atoms in total. The summed E-state index contributed by atoms with van der Waals surface area (Å²) >= 11 is 0. The Morgan fingerprint density at radius 2 is 2.00 bits per heavy atom. The molecule has 1 aromatic heterocycles. The Kier molecular flexibility index (Phi) is 5.32. The first kappa shape index (κ1) is 14.8. The van der Waals surface area contributed by atoms with Crippen LogP contribution in [0.15, 0.2) is 30.3 Å². The van der Waals surface area contributed by atoms with Gasteiger partial charge in [0.1, 0.15) is 5.82 Å². The van der Waals surface area contributed by atoms with Gasteiger partial charge in [-0.1, -0.05) is 18.2 Å². The van der Waals surface area contributed by atoms with Crippen LogP contribution in [0.25, 0.3) is 10.9 Å². The van der Waals surface area contributed by atoms with Gasteiger partial charge in [0, 0.05) is 32.1 Å².